The van der Waals surface area contributed by atoms with Gasteiger partial charge >= 0.3 is 12.4 Å². The number of amides is 1. The SMILES string of the molecule is CCSc1cc(C(F)(F)F)cnc1C(=O)N(C)c1nnc(C(F)(F)F)s1. The third kappa shape index (κ3) is 4.44. The zero-order chi connectivity index (χ0) is 19.7. The molecule has 0 saturated carbocycles. The molecule has 0 atom stereocenters. The molecule has 0 bridgehead atoms. The molecule has 0 aliphatic carbocycles. The first-order valence-electron chi connectivity index (χ1n) is 6.84. The van der Waals surface area contributed by atoms with Crippen molar-refractivity contribution < 1.29 is 31.1 Å². The summed E-state index contributed by atoms with van der Waals surface area (Å²) in [4.78, 5) is 16.8. The van der Waals surface area contributed by atoms with E-state index in [0.29, 0.717) is 11.9 Å². The Morgan fingerprint density at radius 3 is 2.35 bits per heavy atom. The average Bonchev–Trinajstić information content (AvgIpc) is 3.03. The number of hydrogen-bond acceptors (Lipinski definition) is 6. The van der Waals surface area contributed by atoms with Gasteiger partial charge in [-0.15, -0.1) is 22.0 Å². The molecule has 0 radical (unpaired) electrons. The lowest BCUT2D eigenvalue weighted by Crippen LogP contribution is -2.28. The first-order chi connectivity index (χ1) is 11.9. The summed E-state index contributed by atoms with van der Waals surface area (Å²) in [5.41, 5.74) is -1.33. The lowest BCUT2D eigenvalue weighted by Gasteiger charge is -2.16. The summed E-state index contributed by atoms with van der Waals surface area (Å²) in [6.45, 7) is 1.67. The standard InChI is InChI=1S/C13H10F6N4OS2/c1-3-25-7-4-6(12(14,15)16)5-20-8(7)9(24)23(2)11-22-21-10(26-11)13(17,18)19/h4-5H,3H2,1-2H3. The zero-order valence-electron chi connectivity index (χ0n) is 13.1. The molecule has 0 unspecified atom stereocenters. The second kappa shape index (κ2) is 7.39. The molecule has 2 heterocycles. The van der Waals surface area contributed by atoms with Crippen molar-refractivity contribution in [3.05, 3.63) is 28.5 Å². The fraction of sp³-hybridized carbons (Fsp3) is 0.385. The van der Waals surface area contributed by atoms with E-state index in [1.165, 1.54) is 0 Å². The van der Waals surface area contributed by atoms with Crippen LogP contribution in [0.4, 0.5) is 31.5 Å². The van der Waals surface area contributed by atoms with Crippen molar-refractivity contribution in [2.45, 2.75) is 24.2 Å². The molecule has 0 fully saturated rings. The van der Waals surface area contributed by atoms with E-state index in [0.717, 1.165) is 29.8 Å². The minimum absolute atomic E-state index is 0.0280. The second-order valence-electron chi connectivity index (χ2n) is 4.75. The van der Waals surface area contributed by atoms with E-state index < -0.39 is 28.8 Å². The van der Waals surface area contributed by atoms with Crippen LogP contribution < -0.4 is 4.90 Å². The van der Waals surface area contributed by atoms with Crippen LogP contribution in [-0.4, -0.2) is 33.9 Å². The maximum atomic E-state index is 12.8. The third-order valence-electron chi connectivity index (χ3n) is 2.93. The molecule has 0 aliphatic heterocycles. The van der Waals surface area contributed by atoms with Gasteiger partial charge in [0.15, 0.2) is 0 Å². The zero-order valence-corrected chi connectivity index (χ0v) is 14.8. The van der Waals surface area contributed by atoms with Crippen LogP contribution in [-0.2, 0) is 12.4 Å². The Hall–Kier alpha value is -1.89. The number of thioether (sulfide) groups is 1. The molecule has 0 N–H and O–H groups in total. The molecule has 0 saturated heterocycles. The van der Waals surface area contributed by atoms with E-state index in [9.17, 15) is 31.1 Å². The van der Waals surface area contributed by atoms with E-state index in [4.69, 9.17) is 0 Å². The van der Waals surface area contributed by atoms with E-state index in [-0.39, 0.29) is 27.1 Å². The van der Waals surface area contributed by atoms with Gasteiger partial charge < -0.3 is 0 Å². The van der Waals surface area contributed by atoms with E-state index >= 15 is 0 Å². The van der Waals surface area contributed by atoms with Crippen LogP contribution in [0, 0.1) is 0 Å². The molecule has 2 rings (SSSR count). The highest BCUT2D eigenvalue weighted by Gasteiger charge is 2.37. The van der Waals surface area contributed by atoms with Crippen molar-refractivity contribution in [1.29, 1.82) is 0 Å². The Labute approximate surface area is 151 Å². The molecule has 2 aromatic rings. The van der Waals surface area contributed by atoms with Crippen LogP contribution in [0.5, 0.6) is 0 Å². The van der Waals surface area contributed by atoms with Gasteiger partial charge in [-0.2, -0.15) is 26.3 Å². The number of nitrogens with zero attached hydrogens (tertiary/aromatic N) is 4. The lowest BCUT2D eigenvalue weighted by atomic mass is 10.2. The summed E-state index contributed by atoms with van der Waals surface area (Å²) < 4.78 is 76.2. The minimum Gasteiger partial charge on any atom is -0.284 e. The molecule has 26 heavy (non-hydrogen) atoms. The molecule has 1 amide bonds. The smallest absolute Gasteiger partial charge is 0.284 e. The number of anilines is 1. The van der Waals surface area contributed by atoms with Gasteiger partial charge in [0.05, 0.1) is 5.56 Å². The number of carbonyl (C=O) groups is 1. The number of hydrogen-bond donors (Lipinski definition) is 0. The lowest BCUT2D eigenvalue weighted by molar-refractivity contribution is -0.138. The first-order valence-corrected chi connectivity index (χ1v) is 8.64. The Bertz CT molecular complexity index is 805. The van der Waals surface area contributed by atoms with Gasteiger partial charge in [-0.3, -0.25) is 9.69 Å². The Balaban J connectivity index is 2.37. The second-order valence-corrected chi connectivity index (χ2v) is 7.02. The summed E-state index contributed by atoms with van der Waals surface area (Å²) in [5.74, 6) is -0.524. The fourth-order valence-corrected chi connectivity index (χ4v) is 3.21. The molecular formula is C13H10F6N4OS2. The summed E-state index contributed by atoms with van der Waals surface area (Å²) >= 11 is 1.10. The van der Waals surface area contributed by atoms with Gasteiger partial charge in [-0.05, 0) is 11.8 Å². The number of halogens is 6. The van der Waals surface area contributed by atoms with Crippen molar-refractivity contribution in [1.82, 2.24) is 15.2 Å². The van der Waals surface area contributed by atoms with Crippen LogP contribution in [0.1, 0.15) is 28.0 Å². The molecule has 2 aromatic heterocycles. The quantitative estimate of drug-likeness (QED) is 0.548. The Morgan fingerprint density at radius 1 is 1.19 bits per heavy atom. The molecule has 0 aromatic carbocycles. The number of pyridine rings is 1. The van der Waals surface area contributed by atoms with Gasteiger partial charge in [0, 0.05) is 18.1 Å². The van der Waals surface area contributed by atoms with Crippen LogP contribution in [0.2, 0.25) is 0 Å². The largest absolute Gasteiger partial charge is 0.445 e. The fourth-order valence-electron chi connectivity index (χ4n) is 1.74. The molecular weight excluding hydrogens is 406 g/mol. The molecule has 0 spiro atoms. The first kappa shape index (κ1) is 20.4. The van der Waals surface area contributed by atoms with Gasteiger partial charge in [-0.1, -0.05) is 18.3 Å². The van der Waals surface area contributed by atoms with Crippen LogP contribution in [0.25, 0.3) is 0 Å². The third-order valence-corrected chi connectivity index (χ3v) is 4.89. The van der Waals surface area contributed by atoms with E-state index in [2.05, 4.69) is 15.2 Å². The highest BCUT2D eigenvalue weighted by atomic mass is 32.2. The highest BCUT2D eigenvalue weighted by Crippen LogP contribution is 2.36. The van der Waals surface area contributed by atoms with Crippen LogP contribution in [0.3, 0.4) is 0 Å². The summed E-state index contributed by atoms with van der Waals surface area (Å²) in [6.07, 6.45) is -8.85. The molecule has 5 nitrogen and oxygen atoms in total. The number of alkyl halides is 6. The topological polar surface area (TPSA) is 59.0 Å². The maximum Gasteiger partial charge on any atom is 0.445 e. The monoisotopic (exact) mass is 416 g/mol. The van der Waals surface area contributed by atoms with Gasteiger partial charge in [0.1, 0.15) is 5.69 Å². The van der Waals surface area contributed by atoms with Gasteiger partial charge in [0.25, 0.3) is 5.91 Å². The van der Waals surface area contributed by atoms with Crippen molar-refractivity contribution >= 4 is 34.1 Å². The highest BCUT2D eigenvalue weighted by molar-refractivity contribution is 7.99. The number of rotatable bonds is 4. The normalized spacial score (nSPS) is 12.3. The van der Waals surface area contributed by atoms with Crippen LogP contribution >= 0.6 is 23.1 Å². The van der Waals surface area contributed by atoms with Gasteiger partial charge in [-0.25, -0.2) is 4.98 Å². The predicted octanol–water partition coefficient (Wildman–Crippen LogP) is 4.36. The number of carbonyl (C=O) groups excluding carboxylic acids is 1. The minimum atomic E-state index is -4.71. The van der Waals surface area contributed by atoms with Crippen molar-refractivity contribution in [3.8, 4) is 0 Å². The predicted molar refractivity (Wildman–Crippen MR) is 83.3 cm³/mol. The van der Waals surface area contributed by atoms with Crippen molar-refractivity contribution in [2.75, 3.05) is 17.7 Å². The van der Waals surface area contributed by atoms with Crippen molar-refractivity contribution in [2.24, 2.45) is 0 Å². The average molecular weight is 416 g/mol. The molecule has 0 aliphatic rings. The number of aromatic nitrogens is 3. The summed E-state index contributed by atoms with van der Waals surface area (Å²) in [7, 11) is 1.14. The summed E-state index contributed by atoms with van der Waals surface area (Å²) in [5, 5.41) is 4.68. The Morgan fingerprint density at radius 2 is 1.85 bits per heavy atom. The van der Waals surface area contributed by atoms with Crippen LogP contribution in [0.15, 0.2) is 17.2 Å². The maximum absolute atomic E-state index is 12.8. The molecule has 142 valence electrons. The van der Waals surface area contributed by atoms with Crippen molar-refractivity contribution in [3.63, 3.8) is 0 Å². The summed E-state index contributed by atoms with van der Waals surface area (Å²) in [6, 6.07) is 0.781. The molecule has 13 heteroatoms. The van der Waals surface area contributed by atoms with E-state index in [1.54, 1.807) is 6.92 Å². The van der Waals surface area contributed by atoms with E-state index in [1.807, 2.05) is 0 Å². The Kier molecular flexibility index (Phi) is 5.80. The van der Waals surface area contributed by atoms with Gasteiger partial charge in [0.2, 0.25) is 10.1 Å².